The van der Waals surface area contributed by atoms with Crippen LogP contribution in [0, 0.1) is 11.8 Å². The summed E-state index contributed by atoms with van der Waals surface area (Å²) in [5.41, 5.74) is 3.61. The van der Waals surface area contributed by atoms with E-state index in [1.54, 1.807) is 18.3 Å². The Morgan fingerprint density at radius 2 is 1.93 bits per heavy atom. The lowest BCUT2D eigenvalue weighted by molar-refractivity contribution is -0.144. The molecule has 1 heterocycles. The van der Waals surface area contributed by atoms with Gasteiger partial charge in [-0.2, -0.15) is 0 Å². The highest BCUT2D eigenvalue weighted by atomic mass is 35.5. The van der Waals surface area contributed by atoms with Crippen LogP contribution in [0.5, 0.6) is 5.75 Å². The minimum atomic E-state index is -2.42. The van der Waals surface area contributed by atoms with Crippen molar-refractivity contribution in [2.45, 2.75) is 88.0 Å². The van der Waals surface area contributed by atoms with Crippen LogP contribution < -0.4 is 10.1 Å². The van der Waals surface area contributed by atoms with Gasteiger partial charge in [0.25, 0.3) is 0 Å². The van der Waals surface area contributed by atoms with Crippen molar-refractivity contribution in [1.82, 2.24) is 4.98 Å². The summed E-state index contributed by atoms with van der Waals surface area (Å²) < 4.78 is 33.6. The van der Waals surface area contributed by atoms with Gasteiger partial charge in [0.15, 0.2) is 0 Å². The first-order valence-electron chi connectivity index (χ1n) is 15.4. The van der Waals surface area contributed by atoms with Crippen molar-refractivity contribution in [3.8, 4) is 5.75 Å². The molecule has 6 rings (SSSR count). The van der Waals surface area contributed by atoms with Gasteiger partial charge in [-0.15, -0.1) is 0 Å². The molecule has 2 aromatic carbocycles. The molecule has 2 N–H and O–H groups in total. The Morgan fingerprint density at radius 1 is 1.14 bits per heavy atom. The molecule has 1 fully saturated rings. The predicted molar refractivity (Wildman–Crippen MR) is 164 cm³/mol. The normalized spacial score (nSPS) is 27.0. The molecule has 3 aromatic rings. The lowest BCUT2D eigenvalue weighted by atomic mass is 9.59. The van der Waals surface area contributed by atoms with Crippen LogP contribution in [0.3, 0.4) is 0 Å². The molecule has 8 heteroatoms. The van der Waals surface area contributed by atoms with Gasteiger partial charge in [-0.3, -0.25) is 4.98 Å². The van der Waals surface area contributed by atoms with Crippen LogP contribution in [0.1, 0.15) is 80.2 Å². The summed E-state index contributed by atoms with van der Waals surface area (Å²) in [4.78, 5) is 17.0. The van der Waals surface area contributed by atoms with E-state index in [4.69, 9.17) is 16.3 Å². The van der Waals surface area contributed by atoms with E-state index in [2.05, 4.69) is 41.5 Å². The highest BCUT2D eigenvalue weighted by Crippen LogP contribution is 2.56. The fourth-order valence-corrected chi connectivity index (χ4v) is 8.26. The van der Waals surface area contributed by atoms with Crippen molar-refractivity contribution in [2.24, 2.45) is 11.8 Å². The van der Waals surface area contributed by atoms with Crippen LogP contribution in [0.4, 0.5) is 14.5 Å². The smallest absolute Gasteiger partial charge is 0.329 e. The number of hydrogen-bond acceptors (Lipinski definition) is 4. The second-order valence-electron chi connectivity index (χ2n) is 12.9. The molecule has 1 saturated carbocycles. The third kappa shape index (κ3) is 5.73. The Hall–Kier alpha value is -3.19. The molecule has 0 saturated heterocycles. The Balaban J connectivity index is 1.18. The summed E-state index contributed by atoms with van der Waals surface area (Å²) in [5, 5.41) is 14.3. The molecule has 228 valence electrons. The second kappa shape index (κ2) is 12.1. The topological polar surface area (TPSA) is 71.5 Å². The van der Waals surface area contributed by atoms with Crippen LogP contribution >= 0.6 is 11.6 Å². The van der Waals surface area contributed by atoms with Crippen molar-refractivity contribution >= 4 is 23.3 Å². The number of aliphatic carboxylic acids is 1. The standard InChI is InChI=1S/C35H39ClF2N2O3/c1-22(21-43-30-12-17-39-31-27(30)9-5-10-28(31)32(37)38)18-24-19-23-6-2-3-11-29(23)34(24)13-15-35(16-14-34,33(41)42)40-26-8-4-7-25(36)20-26/h2-4,6-8,11-12,17,20,22,24,28,32,40H,5,9-10,13-16,18-19,21H2,1H3,(H,41,42)/t22-,24+,28?,34?,35?/m1/s1. The number of halogens is 3. The Kier molecular flexibility index (Phi) is 8.38. The number of aromatic nitrogens is 1. The molecule has 0 amide bonds. The van der Waals surface area contributed by atoms with Gasteiger partial charge in [0.05, 0.1) is 18.2 Å². The van der Waals surface area contributed by atoms with E-state index in [0.717, 1.165) is 36.9 Å². The molecule has 0 bridgehead atoms. The summed E-state index contributed by atoms with van der Waals surface area (Å²) in [6.45, 7) is 2.69. The Morgan fingerprint density at radius 3 is 2.67 bits per heavy atom. The molecule has 0 aliphatic heterocycles. The molecule has 3 aliphatic rings. The van der Waals surface area contributed by atoms with Gasteiger partial charge in [-0.25, -0.2) is 13.6 Å². The summed E-state index contributed by atoms with van der Waals surface area (Å²) in [6.07, 6.45) is 5.53. The maximum absolute atomic E-state index is 13.7. The van der Waals surface area contributed by atoms with Gasteiger partial charge < -0.3 is 15.2 Å². The van der Waals surface area contributed by atoms with E-state index in [1.165, 1.54) is 11.1 Å². The number of fused-ring (bicyclic) bond motifs is 3. The molecule has 3 aliphatic carbocycles. The number of nitrogens with zero attached hydrogens (tertiary/aromatic N) is 1. The van der Waals surface area contributed by atoms with Crippen LogP contribution in [-0.2, 0) is 23.1 Å². The first-order chi connectivity index (χ1) is 20.7. The number of anilines is 1. The molecular formula is C35H39ClF2N2O3. The first-order valence-corrected chi connectivity index (χ1v) is 15.8. The number of carboxylic acid groups (broad SMARTS) is 1. The largest absolute Gasteiger partial charge is 0.493 e. The third-order valence-corrected chi connectivity index (χ3v) is 10.5. The van der Waals surface area contributed by atoms with Gasteiger partial charge in [-0.1, -0.05) is 48.9 Å². The second-order valence-corrected chi connectivity index (χ2v) is 13.3. The zero-order chi connectivity index (χ0) is 30.2. The van der Waals surface area contributed by atoms with Crippen molar-refractivity contribution < 1.29 is 23.4 Å². The van der Waals surface area contributed by atoms with Gasteiger partial charge in [0.1, 0.15) is 11.3 Å². The Bertz CT molecular complexity index is 1470. The maximum Gasteiger partial charge on any atom is 0.329 e. The van der Waals surface area contributed by atoms with Crippen LogP contribution in [0.2, 0.25) is 5.02 Å². The molecule has 1 aromatic heterocycles. The minimum absolute atomic E-state index is 0.0971. The van der Waals surface area contributed by atoms with Crippen molar-refractivity contribution in [3.63, 3.8) is 0 Å². The van der Waals surface area contributed by atoms with Crippen LogP contribution in [0.15, 0.2) is 60.8 Å². The predicted octanol–water partition coefficient (Wildman–Crippen LogP) is 8.44. The number of pyridine rings is 1. The van der Waals surface area contributed by atoms with E-state index in [1.807, 2.05) is 18.2 Å². The molecule has 0 radical (unpaired) electrons. The average Bonchev–Trinajstić information content (AvgIpc) is 3.29. The summed E-state index contributed by atoms with van der Waals surface area (Å²) in [7, 11) is 0. The zero-order valence-corrected chi connectivity index (χ0v) is 25.3. The highest BCUT2D eigenvalue weighted by Gasteiger charge is 2.54. The molecular weight excluding hydrogens is 570 g/mol. The Labute approximate surface area is 257 Å². The maximum atomic E-state index is 13.7. The van der Waals surface area contributed by atoms with Crippen LogP contribution in [-0.4, -0.2) is 34.6 Å². The lowest BCUT2D eigenvalue weighted by Gasteiger charge is -2.47. The van der Waals surface area contributed by atoms with Crippen molar-refractivity contribution in [1.29, 1.82) is 0 Å². The van der Waals surface area contributed by atoms with Gasteiger partial charge >= 0.3 is 5.97 Å². The summed E-state index contributed by atoms with van der Waals surface area (Å²) in [6, 6.07) is 17.7. The lowest BCUT2D eigenvalue weighted by Crippen LogP contribution is -2.53. The van der Waals surface area contributed by atoms with E-state index in [9.17, 15) is 18.7 Å². The number of ether oxygens (including phenoxy) is 1. The van der Waals surface area contributed by atoms with E-state index in [-0.39, 0.29) is 11.3 Å². The number of carbonyl (C=O) groups is 1. The number of benzene rings is 2. The highest BCUT2D eigenvalue weighted by molar-refractivity contribution is 6.30. The number of rotatable bonds is 9. The first kappa shape index (κ1) is 29.9. The fraction of sp³-hybridized carbons (Fsp3) is 0.486. The monoisotopic (exact) mass is 608 g/mol. The molecule has 1 unspecified atom stereocenters. The molecule has 3 atom stereocenters. The minimum Gasteiger partial charge on any atom is -0.493 e. The van der Waals surface area contributed by atoms with E-state index in [0.29, 0.717) is 61.1 Å². The third-order valence-electron chi connectivity index (χ3n) is 10.3. The molecule has 5 nitrogen and oxygen atoms in total. The SMILES string of the molecule is C[C@@H](COc1ccnc2c1CCCC2C(F)F)C[C@H]1Cc2ccccc2C12CCC(Nc1cccc(Cl)c1)(C(=O)O)CC2. The number of alkyl halides is 2. The summed E-state index contributed by atoms with van der Waals surface area (Å²) >= 11 is 6.20. The fourth-order valence-electron chi connectivity index (χ4n) is 8.07. The van der Waals surface area contributed by atoms with Gasteiger partial charge in [0.2, 0.25) is 6.43 Å². The van der Waals surface area contributed by atoms with Crippen LogP contribution in [0.25, 0.3) is 0 Å². The molecule has 43 heavy (non-hydrogen) atoms. The van der Waals surface area contributed by atoms with E-state index >= 15 is 0 Å². The molecule has 1 spiro atoms. The average molecular weight is 609 g/mol. The van der Waals surface area contributed by atoms with Gasteiger partial charge in [0, 0.05) is 22.5 Å². The van der Waals surface area contributed by atoms with Crippen molar-refractivity contribution in [3.05, 3.63) is 88.2 Å². The zero-order valence-electron chi connectivity index (χ0n) is 24.5. The number of carboxylic acids is 1. The van der Waals surface area contributed by atoms with Gasteiger partial charge in [-0.05, 0) is 110 Å². The van der Waals surface area contributed by atoms with Crippen molar-refractivity contribution in [2.75, 3.05) is 11.9 Å². The summed E-state index contributed by atoms with van der Waals surface area (Å²) in [5.74, 6) is -0.385. The van der Waals surface area contributed by atoms with E-state index < -0.39 is 23.9 Å². The number of hydrogen-bond donors (Lipinski definition) is 2. The number of nitrogens with one attached hydrogen (secondary N) is 1. The quantitative estimate of drug-likeness (QED) is 0.255.